The number of hydrogen-bond donors (Lipinski definition) is 2. The van der Waals surface area contributed by atoms with Crippen LogP contribution in [0, 0.1) is 17.1 Å². The second kappa shape index (κ2) is 5.95. The van der Waals surface area contributed by atoms with Crippen LogP contribution in [0.3, 0.4) is 0 Å². The minimum atomic E-state index is -0.883. The number of anilines is 1. The van der Waals surface area contributed by atoms with Crippen molar-refractivity contribution in [2.24, 2.45) is 5.73 Å². The zero-order chi connectivity index (χ0) is 14.5. The molecule has 1 amide bonds. The number of rotatable bonds is 3. The maximum atomic E-state index is 13.7. The molecule has 0 heterocycles. The van der Waals surface area contributed by atoms with Gasteiger partial charge in [-0.05, 0) is 23.8 Å². The van der Waals surface area contributed by atoms with E-state index in [9.17, 15) is 9.18 Å². The van der Waals surface area contributed by atoms with E-state index in [1.807, 2.05) is 12.1 Å². The van der Waals surface area contributed by atoms with Crippen molar-refractivity contribution < 1.29 is 9.18 Å². The molecular formula is C15H12FN3O. The van der Waals surface area contributed by atoms with Crippen LogP contribution < -0.4 is 11.1 Å². The summed E-state index contributed by atoms with van der Waals surface area (Å²) in [5, 5.41) is 11.1. The van der Waals surface area contributed by atoms with E-state index >= 15 is 0 Å². The Bertz CT molecular complexity index is 665. The molecule has 4 nitrogen and oxygen atoms in total. The number of amides is 1. The van der Waals surface area contributed by atoms with E-state index in [4.69, 9.17) is 11.0 Å². The maximum Gasteiger partial charge on any atom is 0.245 e. The van der Waals surface area contributed by atoms with Crippen molar-refractivity contribution in [1.82, 2.24) is 0 Å². The van der Waals surface area contributed by atoms with Crippen LogP contribution in [0.1, 0.15) is 17.2 Å². The van der Waals surface area contributed by atoms with Gasteiger partial charge >= 0.3 is 0 Å². The molecule has 3 N–H and O–H groups in total. The lowest BCUT2D eigenvalue weighted by molar-refractivity contribution is -0.117. The topological polar surface area (TPSA) is 78.9 Å². The van der Waals surface area contributed by atoms with Gasteiger partial charge in [0.25, 0.3) is 0 Å². The average Bonchev–Trinajstić information content (AvgIpc) is 2.49. The van der Waals surface area contributed by atoms with Crippen LogP contribution in [0.2, 0.25) is 0 Å². The van der Waals surface area contributed by atoms with Crippen LogP contribution in [-0.2, 0) is 4.79 Å². The van der Waals surface area contributed by atoms with E-state index in [0.29, 0.717) is 5.56 Å². The van der Waals surface area contributed by atoms with Crippen LogP contribution in [0.5, 0.6) is 0 Å². The average molecular weight is 269 g/mol. The van der Waals surface area contributed by atoms with Gasteiger partial charge in [-0.3, -0.25) is 4.79 Å². The SMILES string of the molecule is N#Cc1ccc(NC(=O)[C@@H](N)c2ccccc2)c(F)c1. The van der Waals surface area contributed by atoms with E-state index in [1.54, 1.807) is 24.3 Å². The highest BCUT2D eigenvalue weighted by molar-refractivity contribution is 5.95. The molecular weight excluding hydrogens is 257 g/mol. The van der Waals surface area contributed by atoms with Gasteiger partial charge in [-0.25, -0.2) is 4.39 Å². The molecule has 0 fully saturated rings. The molecule has 0 saturated heterocycles. The van der Waals surface area contributed by atoms with Gasteiger partial charge in [0, 0.05) is 0 Å². The molecule has 100 valence electrons. The number of halogens is 1. The van der Waals surface area contributed by atoms with Gasteiger partial charge in [-0.2, -0.15) is 5.26 Å². The van der Waals surface area contributed by atoms with Gasteiger partial charge in [0.05, 0.1) is 17.3 Å². The predicted molar refractivity (Wildman–Crippen MR) is 73.1 cm³/mol. The second-order valence-electron chi connectivity index (χ2n) is 4.18. The summed E-state index contributed by atoms with van der Waals surface area (Å²) in [5.74, 6) is -1.18. The number of benzene rings is 2. The third-order valence-electron chi connectivity index (χ3n) is 2.80. The van der Waals surface area contributed by atoms with Crippen molar-refractivity contribution in [3.05, 3.63) is 65.5 Å². The molecule has 0 aliphatic heterocycles. The highest BCUT2D eigenvalue weighted by Crippen LogP contribution is 2.18. The Morgan fingerprint density at radius 2 is 1.95 bits per heavy atom. The molecule has 2 aromatic rings. The Labute approximate surface area is 115 Å². The number of carbonyl (C=O) groups excluding carboxylic acids is 1. The van der Waals surface area contributed by atoms with Gasteiger partial charge in [-0.1, -0.05) is 30.3 Å². The molecule has 2 aromatic carbocycles. The van der Waals surface area contributed by atoms with Gasteiger partial charge < -0.3 is 11.1 Å². The third kappa shape index (κ3) is 2.99. The molecule has 20 heavy (non-hydrogen) atoms. The lowest BCUT2D eigenvalue weighted by atomic mass is 10.1. The number of nitrogens with zero attached hydrogens (tertiary/aromatic N) is 1. The monoisotopic (exact) mass is 269 g/mol. The second-order valence-corrected chi connectivity index (χ2v) is 4.18. The third-order valence-corrected chi connectivity index (χ3v) is 2.80. The molecule has 0 radical (unpaired) electrons. The van der Waals surface area contributed by atoms with Crippen LogP contribution in [0.4, 0.5) is 10.1 Å². The van der Waals surface area contributed by atoms with Crippen molar-refractivity contribution >= 4 is 11.6 Å². The minimum Gasteiger partial charge on any atom is -0.322 e. The van der Waals surface area contributed by atoms with Crippen molar-refractivity contribution in [2.45, 2.75) is 6.04 Å². The standard InChI is InChI=1S/C15H12FN3O/c16-12-8-10(9-17)6-7-13(12)19-15(20)14(18)11-4-2-1-3-5-11/h1-8,14H,18H2,(H,19,20)/t14-/m0/s1. The van der Waals surface area contributed by atoms with E-state index in [1.165, 1.54) is 12.1 Å². The Hall–Kier alpha value is -2.71. The molecule has 0 bridgehead atoms. The van der Waals surface area contributed by atoms with E-state index < -0.39 is 17.8 Å². The number of nitrogens with one attached hydrogen (secondary N) is 1. The number of carbonyl (C=O) groups is 1. The van der Waals surface area contributed by atoms with Crippen LogP contribution in [-0.4, -0.2) is 5.91 Å². The Kier molecular flexibility index (Phi) is 4.08. The first kappa shape index (κ1) is 13.7. The first-order valence-electron chi connectivity index (χ1n) is 5.93. The lowest BCUT2D eigenvalue weighted by Gasteiger charge is -2.13. The van der Waals surface area contributed by atoms with Gasteiger partial charge in [0.2, 0.25) is 5.91 Å². The summed E-state index contributed by atoms with van der Waals surface area (Å²) in [7, 11) is 0. The Balaban J connectivity index is 2.14. The summed E-state index contributed by atoms with van der Waals surface area (Å²) in [6.07, 6.45) is 0. The number of hydrogen-bond acceptors (Lipinski definition) is 3. The molecule has 0 saturated carbocycles. The Morgan fingerprint density at radius 1 is 1.25 bits per heavy atom. The van der Waals surface area contributed by atoms with Crippen LogP contribution >= 0.6 is 0 Å². The van der Waals surface area contributed by atoms with E-state index in [2.05, 4.69) is 5.32 Å². The molecule has 0 spiro atoms. The summed E-state index contributed by atoms with van der Waals surface area (Å²) >= 11 is 0. The summed E-state index contributed by atoms with van der Waals surface area (Å²) in [4.78, 5) is 12.0. The fourth-order valence-corrected chi connectivity index (χ4v) is 1.71. The van der Waals surface area contributed by atoms with Crippen LogP contribution in [0.15, 0.2) is 48.5 Å². The van der Waals surface area contributed by atoms with E-state index in [0.717, 1.165) is 6.07 Å². The van der Waals surface area contributed by atoms with Crippen molar-refractivity contribution in [2.75, 3.05) is 5.32 Å². The fraction of sp³-hybridized carbons (Fsp3) is 0.0667. The molecule has 1 atom stereocenters. The largest absolute Gasteiger partial charge is 0.322 e. The van der Waals surface area contributed by atoms with Crippen molar-refractivity contribution in [3.8, 4) is 6.07 Å². The normalized spacial score (nSPS) is 11.4. The molecule has 0 unspecified atom stereocenters. The maximum absolute atomic E-state index is 13.7. The van der Waals surface area contributed by atoms with Crippen molar-refractivity contribution in [1.29, 1.82) is 5.26 Å². The van der Waals surface area contributed by atoms with Crippen molar-refractivity contribution in [3.63, 3.8) is 0 Å². The number of nitriles is 1. The van der Waals surface area contributed by atoms with E-state index in [-0.39, 0.29) is 11.3 Å². The quantitative estimate of drug-likeness (QED) is 0.897. The zero-order valence-corrected chi connectivity index (χ0v) is 10.5. The summed E-state index contributed by atoms with van der Waals surface area (Å²) in [6.45, 7) is 0. The Morgan fingerprint density at radius 3 is 2.55 bits per heavy atom. The first-order chi connectivity index (χ1) is 9.61. The van der Waals surface area contributed by atoms with Gasteiger partial charge in [0.1, 0.15) is 11.9 Å². The smallest absolute Gasteiger partial charge is 0.245 e. The van der Waals surface area contributed by atoms with Gasteiger partial charge in [0.15, 0.2) is 0 Å². The minimum absolute atomic E-state index is 0.000353. The molecule has 0 aliphatic carbocycles. The first-order valence-corrected chi connectivity index (χ1v) is 5.93. The summed E-state index contributed by atoms with van der Waals surface area (Å²) < 4.78 is 13.7. The summed E-state index contributed by atoms with van der Waals surface area (Å²) in [6, 6.07) is 13.6. The highest BCUT2D eigenvalue weighted by atomic mass is 19.1. The highest BCUT2D eigenvalue weighted by Gasteiger charge is 2.17. The molecule has 5 heteroatoms. The predicted octanol–water partition coefficient (Wildman–Crippen LogP) is 2.34. The lowest BCUT2D eigenvalue weighted by Crippen LogP contribution is -2.28. The molecule has 0 aromatic heterocycles. The number of nitrogens with two attached hydrogens (primary N) is 1. The fourth-order valence-electron chi connectivity index (χ4n) is 1.71. The van der Waals surface area contributed by atoms with Crippen LogP contribution in [0.25, 0.3) is 0 Å². The molecule has 2 rings (SSSR count). The summed E-state index contributed by atoms with van der Waals surface area (Å²) in [5.41, 5.74) is 6.63. The van der Waals surface area contributed by atoms with Gasteiger partial charge in [-0.15, -0.1) is 0 Å². The molecule has 0 aliphatic rings. The zero-order valence-electron chi connectivity index (χ0n) is 10.5.